The molecule has 13 heavy (non-hydrogen) atoms. The summed E-state index contributed by atoms with van der Waals surface area (Å²) < 4.78 is 1.96. The molecule has 0 aromatic carbocycles. The van der Waals surface area contributed by atoms with E-state index in [1.54, 1.807) is 0 Å². The van der Waals surface area contributed by atoms with E-state index >= 15 is 0 Å². The molecule has 0 aliphatic carbocycles. The van der Waals surface area contributed by atoms with Gasteiger partial charge in [-0.2, -0.15) is 0 Å². The van der Waals surface area contributed by atoms with E-state index in [0.717, 1.165) is 12.1 Å². The molecule has 0 spiro atoms. The average molecular weight is 179 g/mol. The van der Waals surface area contributed by atoms with Crippen LogP contribution >= 0.6 is 0 Å². The Bertz CT molecular complexity index is 288. The summed E-state index contributed by atoms with van der Waals surface area (Å²) in [5.74, 6) is 0. The third-order valence-corrected chi connectivity index (χ3v) is 1.98. The topological polar surface area (TPSA) is 29.9 Å². The Hall–Kier alpha value is -1.09. The molecule has 1 aromatic rings. The Kier molecular flexibility index (Phi) is 3.25. The number of aromatic nitrogens is 2. The molecule has 0 radical (unpaired) electrons. The fourth-order valence-electron chi connectivity index (χ4n) is 1.32. The van der Waals surface area contributed by atoms with Crippen LogP contribution in [0.2, 0.25) is 0 Å². The highest BCUT2D eigenvalue weighted by molar-refractivity contribution is 5.07. The molecular weight excluding hydrogens is 162 g/mol. The molecule has 0 amide bonds. The molecule has 0 bridgehead atoms. The van der Waals surface area contributed by atoms with Gasteiger partial charge in [0.25, 0.3) is 0 Å². The summed E-state index contributed by atoms with van der Waals surface area (Å²) >= 11 is 0. The first kappa shape index (κ1) is 9.99. The van der Waals surface area contributed by atoms with Crippen LogP contribution < -0.4 is 5.32 Å². The lowest BCUT2D eigenvalue weighted by molar-refractivity contribution is 0.576. The summed E-state index contributed by atoms with van der Waals surface area (Å²) in [6, 6.07) is 0.290. The minimum Gasteiger partial charge on any atom is -0.340 e. The van der Waals surface area contributed by atoms with E-state index in [1.807, 2.05) is 38.1 Å². The first-order chi connectivity index (χ1) is 6.13. The van der Waals surface area contributed by atoms with Crippen LogP contribution in [0.25, 0.3) is 0 Å². The third kappa shape index (κ3) is 2.70. The number of imidazole rings is 1. The molecule has 0 saturated carbocycles. The summed E-state index contributed by atoms with van der Waals surface area (Å²) in [7, 11) is 3.92. The number of nitrogens with zero attached hydrogens (tertiary/aromatic N) is 2. The van der Waals surface area contributed by atoms with Crippen LogP contribution in [0, 0.1) is 0 Å². The molecule has 1 rings (SSSR count). The molecule has 3 heteroatoms. The monoisotopic (exact) mass is 179 g/mol. The second-order valence-corrected chi connectivity index (χ2v) is 3.47. The van der Waals surface area contributed by atoms with Crippen LogP contribution in [0.3, 0.4) is 0 Å². The van der Waals surface area contributed by atoms with E-state index in [2.05, 4.69) is 16.9 Å². The van der Waals surface area contributed by atoms with Crippen molar-refractivity contribution in [3.63, 3.8) is 0 Å². The SMILES string of the molecule is C=C(C)CC(NC)c1cn(C)cn1. The molecule has 72 valence electrons. The van der Waals surface area contributed by atoms with Crippen molar-refractivity contribution in [2.75, 3.05) is 7.05 Å². The molecule has 1 aromatic heterocycles. The molecule has 0 aliphatic heterocycles. The number of nitrogens with one attached hydrogen (secondary N) is 1. The lowest BCUT2D eigenvalue weighted by Gasteiger charge is -2.12. The van der Waals surface area contributed by atoms with Gasteiger partial charge < -0.3 is 9.88 Å². The fourth-order valence-corrected chi connectivity index (χ4v) is 1.32. The second kappa shape index (κ2) is 4.23. The van der Waals surface area contributed by atoms with Crippen molar-refractivity contribution in [3.05, 3.63) is 30.4 Å². The molecule has 3 nitrogen and oxygen atoms in total. The van der Waals surface area contributed by atoms with E-state index in [9.17, 15) is 0 Å². The van der Waals surface area contributed by atoms with Gasteiger partial charge in [-0.05, 0) is 20.4 Å². The first-order valence-corrected chi connectivity index (χ1v) is 4.43. The quantitative estimate of drug-likeness (QED) is 0.712. The van der Waals surface area contributed by atoms with Crippen molar-refractivity contribution >= 4 is 0 Å². The average Bonchev–Trinajstić information content (AvgIpc) is 2.47. The van der Waals surface area contributed by atoms with Gasteiger partial charge in [0.05, 0.1) is 18.1 Å². The number of aryl methyl sites for hydroxylation is 1. The standard InChI is InChI=1S/C10H17N3/c1-8(2)5-9(11-3)10-6-13(4)7-12-10/h6-7,9,11H,1,5H2,2-4H3. The van der Waals surface area contributed by atoms with Gasteiger partial charge in [-0.1, -0.05) is 5.57 Å². The lowest BCUT2D eigenvalue weighted by Crippen LogP contribution is -2.16. The fraction of sp³-hybridized carbons (Fsp3) is 0.500. The minimum atomic E-state index is 0.290. The van der Waals surface area contributed by atoms with E-state index < -0.39 is 0 Å². The molecule has 1 unspecified atom stereocenters. The maximum atomic E-state index is 4.30. The highest BCUT2D eigenvalue weighted by Gasteiger charge is 2.11. The Labute approximate surface area is 79.5 Å². The van der Waals surface area contributed by atoms with Crippen LogP contribution in [0.15, 0.2) is 24.7 Å². The first-order valence-electron chi connectivity index (χ1n) is 4.43. The van der Waals surface area contributed by atoms with Crippen LogP contribution in [-0.4, -0.2) is 16.6 Å². The Balaban J connectivity index is 2.72. The van der Waals surface area contributed by atoms with Gasteiger partial charge in [-0.15, -0.1) is 6.58 Å². The normalized spacial score (nSPS) is 12.8. The molecule has 0 saturated heterocycles. The zero-order chi connectivity index (χ0) is 9.84. The van der Waals surface area contributed by atoms with Gasteiger partial charge in [-0.3, -0.25) is 0 Å². The largest absolute Gasteiger partial charge is 0.340 e. The smallest absolute Gasteiger partial charge is 0.0947 e. The number of hydrogen-bond donors (Lipinski definition) is 1. The van der Waals surface area contributed by atoms with E-state index in [0.29, 0.717) is 6.04 Å². The molecule has 1 atom stereocenters. The minimum absolute atomic E-state index is 0.290. The zero-order valence-corrected chi connectivity index (χ0v) is 8.54. The highest BCUT2D eigenvalue weighted by Crippen LogP contribution is 2.17. The molecule has 0 aliphatic rings. The van der Waals surface area contributed by atoms with E-state index in [4.69, 9.17) is 0 Å². The zero-order valence-electron chi connectivity index (χ0n) is 8.54. The maximum Gasteiger partial charge on any atom is 0.0947 e. The summed E-state index contributed by atoms with van der Waals surface area (Å²) in [5.41, 5.74) is 2.25. The molecule has 1 heterocycles. The van der Waals surface area contributed by atoms with Crippen molar-refractivity contribution in [2.24, 2.45) is 7.05 Å². The molecule has 1 N–H and O–H groups in total. The van der Waals surface area contributed by atoms with Crippen LogP contribution in [-0.2, 0) is 7.05 Å². The van der Waals surface area contributed by atoms with Crippen LogP contribution in [0.1, 0.15) is 25.1 Å². The molecular formula is C10H17N3. The summed E-state index contributed by atoms with van der Waals surface area (Å²) in [6.07, 6.45) is 4.79. The Morgan fingerprint density at radius 1 is 1.77 bits per heavy atom. The lowest BCUT2D eigenvalue weighted by atomic mass is 10.1. The summed E-state index contributed by atoms with van der Waals surface area (Å²) in [4.78, 5) is 4.30. The number of rotatable bonds is 4. The van der Waals surface area contributed by atoms with Crippen LogP contribution in [0.4, 0.5) is 0 Å². The van der Waals surface area contributed by atoms with Gasteiger partial charge in [0.2, 0.25) is 0 Å². The predicted octanol–water partition coefficient (Wildman–Crippen LogP) is 1.65. The van der Waals surface area contributed by atoms with Gasteiger partial charge in [0, 0.05) is 13.2 Å². The van der Waals surface area contributed by atoms with Crippen molar-refractivity contribution < 1.29 is 0 Å². The number of hydrogen-bond acceptors (Lipinski definition) is 2. The van der Waals surface area contributed by atoms with Crippen molar-refractivity contribution in [2.45, 2.75) is 19.4 Å². The van der Waals surface area contributed by atoms with Crippen molar-refractivity contribution in [1.29, 1.82) is 0 Å². The predicted molar refractivity (Wildman–Crippen MR) is 54.4 cm³/mol. The van der Waals surface area contributed by atoms with Gasteiger partial charge in [0.1, 0.15) is 0 Å². The van der Waals surface area contributed by atoms with Gasteiger partial charge in [0.15, 0.2) is 0 Å². The molecule has 0 fully saturated rings. The summed E-state index contributed by atoms with van der Waals surface area (Å²) in [5, 5.41) is 3.23. The third-order valence-electron chi connectivity index (χ3n) is 1.98. The highest BCUT2D eigenvalue weighted by atomic mass is 15.0. The van der Waals surface area contributed by atoms with Gasteiger partial charge in [-0.25, -0.2) is 4.98 Å². The second-order valence-electron chi connectivity index (χ2n) is 3.47. The maximum absolute atomic E-state index is 4.30. The van der Waals surface area contributed by atoms with E-state index in [1.165, 1.54) is 5.57 Å². The van der Waals surface area contributed by atoms with E-state index in [-0.39, 0.29) is 0 Å². The Morgan fingerprint density at radius 2 is 2.46 bits per heavy atom. The van der Waals surface area contributed by atoms with Crippen molar-refractivity contribution in [1.82, 2.24) is 14.9 Å². The summed E-state index contributed by atoms with van der Waals surface area (Å²) in [6.45, 7) is 5.94. The van der Waals surface area contributed by atoms with Crippen molar-refractivity contribution in [3.8, 4) is 0 Å². The van der Waals surface area contributed by atoms with Crippen LogP contribution in [0.5, 0.6) is 0 Å². The van der Waals surface area contributed by atoms with Gasteiger partial charge >= 0.3 is 0 Å². The Morgan fingerprint density at radius 3 is 2.85 bits per heavy atom.